The van der Waals surface area contributed by atoms with Gasteiger partial charge in [0.1, 0.15) is 5.15 Å². The van der Waals surface area contributed by atoms with Crippen LogP contribution in [-0.2, 0) is 9.63 Å². The minimum absolute atomic E-state index is 0.0782. The van der Waals surface area contributed by atoms with Gasteiger partial charge in [0, 0.05) is 25.8 Å². The Labute approximate surface area is 154 Å². The van der Waals surface area contributed by atoms with Crippen molar-refractivity contribution in [2.75, 3.05) is 26.2 Å². The van der Waals surface area contributed by atoms with Crippen LogP contribution in [0.25, 0.3) is 0 Å². The van der Waals surface area contributed by atoms with Crippen LogP contribution in [0.1, 0.15) is 23.2 Å². The number of fused-ring (bicyclic) bond motifs is 1. The van der Waals surface area contributed by atoms with Crippen molar-refractivity contribution in [1.29, 1.82) is 0 Å². The van der Waals surface area contributed by atoms with Gasteiger partial charge in [0.15, 0.2) is 11.8 Å². The Morgan fingerprint density at radius 2 is 1.88 bits per heavy atom. The van der Waals surface area contributed by atoms with E-state index in [0.29, 0.717) is 18.8 Å². The number of carbonyl (C=O) groups is 2. The van der Waals surface area contributed by atoms with E-state index in [1.807, 2.05) is 0 Å². The Hall–Kier alpha value is -1.86. The molecule has 25 heavy (non-hydrogen) atoms. The van der Waals surface area contributed by atoms with Gasteiger partial charge in [-0.2, -0.15) is 0 Å². The first-order valence-electron chi connectivity index (χ1n) is 8.18. The number of halogens is 2. The first-order valence-corrected chi connectivity index (χ1v) is 8.93. The summed E-state index contributed by atoms with van der Waals surface area (Å²) in [5.41, 5.74) is 0.706. The largest absolute Gasteiger partial charge is 0.389 e. The van der Waals surface area contributed by atoms with Crippen molar-refractivity contribution < 1.29 is 14.4 Å². The molecule has 7 nitrogen and oxygen atoms in total. The van der Waals surface area contributed by atoms with Gasteiger partial charge in [-0.3, -0.25) is 9.59 Å². The second-order valence-electron chi connectivity index (χ2n) is 6.42. The molecule has 0 aromatic carbocycles. The standard InChI is InChI=1S/C16H16Cl2N4O3/c17-11-5-13(18)19-6-9(11)15(23)22-7-10-12(8-22)25-20-14(10)16(24)21-3-1-2-4-21/h5-6,10,12H,1-4,7-8H2/t10-,12+/m0/s1. The molecule has 3 aliphatic heterocycles. The van der Waals surface area contributed by atoms with E-state index in [4.69, 9.17) is 28.0 Å². The predicted molar refractivity (Wildman–Crippen MR) is 91.8 cm³/mol. The van der Waals surface area contributed by atoms with Crippen LogP contribution in [0.2, 0.25) is 10.2 Å². The lowest BCUT2D eigenvalue weighted by Gasteiger charge is -2.19. The summed E-state index contributed by atoms with van der Waals surface area (Å²) < 4.78 is 0. The maximum Gasteiger partial charge on any atom is 0.272 e. The number of amides is 2. The van der Waals surface area contributed by atoms with Gasteiger partial charge in [0.05, 0.1) is 23.0 Å². The molecule has 0 saturated carbocycles. The predicted octanol–water partition coefficient (Wildman–Crippen LogP) is 1.84. The molecule has 0 aliphatic carbocycles. The van der Waals surface area contributed by atoms with Gasteiger partial charge in [0.2, 0.25) is 0 Å². The molecule has 1 aromatic heterocycles. The summed E-state index contributed by atoms with van der Waals surface area (Å²) in [7, 11) is 0. The van der Waals surface area contributed by atoms with Crippen LogP contribution in [0.15, 0.2) is 17.4 Å². The summed E-state index contributed by atoms with van der Waals surface area (Å²) >= 11 is 11.9. The zero-order chi connectivity index (χ0) is 17.6. The second-order valence-corrected chi connectivity index (χ2v) is 7.22. The van der Waals surface area contributed by atoms with Crippen molar-refractivity contribution in [3.63, 3.8) is 0 Å². The number of rotatable bonds is 2. The van der Waals surface area contributed by atoms with Crippen molar-refractivity contribution in [3.8, 4) is 0 Å². The topological polar surface area (TPSA) is 75.1 Å². The Morgan fingerprint density at radius 1 is 1.12 bits per heavy atom. The van der Waals surface area contributed by atoms with Crippen molar-refractivity contribution >= 4 is 40.7 Å². The Bertz CT molecular complexity index is 764. The number of pyridine rings is 1. The number of hydrogen-bond acceptors (Lipinski definition) is 5. The molecule has 0 spiro atoms. The second kappa shape index (κ2) is 6.46. The fourth-order valence-corrected chi connectivity index (χ4v) is 3.96. The van der Waals surface area contributed by atoms with Crippen LogP contribution in [0.3, 0.4) is 0 Å². The lowest BCUT2D eigenvalue weighted by Crippen LogP contribution is -2.39. The van der Waals surface area contributed by atoms with Crippen molar-refractivity contribution in [2.45, 2.75) is 18.9 Å². The van der Waals surface area contributed by atoms with Gasteiger partial charge in [-0.25, -0.2) is 4.98 Å². The number of nitrogens with zero attached hydrogens (tertiary/aromatic N) is 4. The molecule has 4 rings (SSSR count). The number of oxime groups is 1. The van der Waals surface area contributed by atoms with Crippen LogP contribution in [0.5, 0.6) is 0 Å². The molecule has 2 amide bonds. The van der Waals surface area contributed by atoms with E-state index >= 15 is 0 Å². The van der Waals surface area contributed by atoms with E-state index < -0.39 is 0 Å². The van der Waals surface area contributed by atoms with Gasteiger partial charge in [-0.1, -0.05) is 28.4 Å². The Morgan fingerprint density at radius 3 is 2.60 bits per heavy atom. The molecule has 1 aromatic rings. The van der Waals surface area contributed by atoms with Gasteiger partial charge >= 0.3 is 0 Å². The Kier molecular flexibility index (Phi) is 4.29. The van der Waals surface area contributed by atoms with E-state index in [0.717, 1.165) is 25.9 Å². The maximum absolute atomic E-state index is 12.7. The first-order chi connectivity index (χ1) is 12.0. The minimum atomic E-state index is -0.287. The van der Waals surface area contributed by atoms with Gasteiger partial charge in [-0.05, 0) is 18.9 Å². The zero-order valence-corrected chi connectivity index (χ0v) is 14.8. The van der Waals surface area contributed by atoms with E-state index in [2.05, 4.69) is 10.1 Å². The normalized spacial score (nSPS) is 25.0. The van der Waals surface area contributed by atoms with Crippen molar-refractivity contribution in [2.24, 2.45) is 11.1 Å². The molecule has 0 N–H and O–H groups in total. The molecule has 4 heterocycles. The molecule has 0 bridgehead atoms. The highest BCUT2D eigenvalue weighted by atomic mass is 35.5. The lowest BCUT2D eigenvalue weighted by atomic mass is 10.00. The third kappa shape index (κ3) is 2.95. The molecular formula is C16H16Cl2N4O3. The fraction of sp³-hybridized carbons (Fsp3) is 0.500. The van der Waals surface area contributed by atoms with E-state index in [9.17, 15) is 9.59 Å². The highest BCUT2D eigenvalue weighted by Gasteiger charge is 2.47. The molecular weight excluding hydrogens is 367 g/mol. The number of likely N-dealkylation sites (tertiary alicyclic amines) is 2. The summed E-state index contributed by atoms with van der Waals surface area (Å²) in [6.07, 6.45) is 3.11. The molecule has 9 heteroatoms. The van der Waals surface area contributed by atoms with Gasteiger partial charge in [0.25, 0.3) is 11.8 Å². The Balaban J connectivity index is 1.48. The molecule has 2 saturated heterocycles. The number of carbonyl (C=O) groups excluding carboxylic acids is 2. The molecule has 2 fully saturated rings. The smallest absolute Gasteiger partial charge is 0.272 e. The molecule has 132 valence electrons. The maximum atomic E-state index is 12.7. The fourth-order valence-electron chi connectivity index (χ4n) is 3.52. The quantitative estimate of drug-likeness (QED) is 0.731. The van der Waals surface area contributed by atoms with Crippen molar-refractivity contribution in [1.82, 2.24) is 14.8 Å². The molecule has 2 atom stereocenters. The summed E-state index contributed by atoms with van der Waals surface area (Å²) in [6.45, 7) is 2.25. The van der Waals surface area contributed by atoms with Gasteiger partial charge in [-0.15, -0.1) is 0 Å². The first kappa shape index (κ1) is 16.6. The summed E-state index contributed by atoms with van der Waals surface area (Å²) in [4.78, 5) is 38.1. The van der Waals surface area contributed by atoms with Crippen molar-refractivity contribution in [3.05, 3.63) is 28.0 Å². The van der Waals surface area contributed by atoms with E-state index in [-0.39, 0.29) is 39.6 Å². The van der Waals surface area contributed by atoms with E-state index in [1.54, 1.807) is 9.80 Å². The molecule has 0 unspecified atom stereocenters. The van der Waals surface area contributed by atoms with Gasteiger partial charge < -0.3 is 14.6 Å². The zero-order valence-electron chi connectivity index (χ0n) is 13.3. The van der Waals surface area contributed by atoms with E-state index in [1.165, 1.54) is 12.3 Å². The van der Waals surface area contributed by atoms with Crippen LogP contribution in [0, 0.1) is 5.92 Å². The molecule has 0 radical (unpaired) electrons. The monoisotopic (exact) mass is 382 g/mol. The summed E-state index contributed by atoms with van der Waals surface area (Å²) in [5.74, 6) is -0.526. The number of aromatic nitrogens is 1. The SMILES string of the molecule is O=C(C1=NO[C@@H]2CN(C(=O)c3cnc(Cl)cc3Cl)C[C@H]12)N1CCCC1. The highest BCUT2D eigenvalue weighted by Crippen LogP contribution is 2.30. The molecule has 3 aliphatic rings. The summed E-state index contributed by atoms with van der Waals surface area (Å²) in [6, 6.07) is 1.44. The van der Waals surface area contributed by atoms with Crippen LogP contribution >= 0.6 is 23.2 Å². The minimum Gasteiger partial charge on any atom is -0.389 e. The van der Waals surface area contributed by atoms with Crippen LogP contribution in [-0.4, -0.2) is 64.6 Å². The third-order valence-electron chi connectivity index (χ3n) is 4.85. The average molecular weight is 383 g/mol. The third-order valence-corrected chi connectivity index (χ3v) is 5.37. The van der Waals surface area contributed by atoms with Crippen LogP contribution < -0.4 is 0 Å². The van der Waals surface area contributed by atoms with Crippen LogP contribution in [0.4, 0.5) is 0 Å². The average Bonchev–Trinajstić information content (AvgIpc) is 3.30. The highest BCUT2D eigenvalue weighted by molar-refractivity contribution is 6.40. The summed E-state index contributed by atoms with van der Waals surface area (Å²) in [5, 5.41) is 4.48. The lowest BCUT2D eigenvalue weighted by molar-refractivity contribution is -0.123. The number of hydrogen-bond donors (Lipinski definition) is 0.